The van der Waals surface area contributed by atoms with E-state index in [1.165, 1.54) is 18.5 Å². The Morgan fingerprint density at radius 1 is 1.29 bits per heavy atom. The number of carbonyl (C=O) groups is 1. The predicted octanol–water partition coefficient (Wildman–Crippen LogP) is 2.52. The number of halogens is 1. The molecule has 10 nitrogen and oxygen atoms in total. The fraction of sp³-hybridized carbons (Fsp3) is 0.263. The van der Waals surface area contributed by atoms with E-state index in [-0.39, 0.29) is 22.5 Å². The molecule has 158 valence electrons. The van der Waals surface area contributed by atoms with Gasteiger partial charge in [-0.2, -0.15) is 5.26 Å². The molecule has 1 saturated heterocycles. The standard InChI is InChI=1S/C19H16ClN7O3S/c20-13-1-2-14(22-10-13)11-30-19-26-25-18(31-19)24-17(28)15-7-12(8-21)9-23-16(15)27-3-5-29-6-4-27/h1-2,7,9-10H,3-6,11H2,(H,24,25,28). The minimum atomic E-state index is -0.437. The van der Waals surface area contributed by atoms with Crippen LogP contribution in [0.5, 0.6) is 5.19 Å². The van der Waals surface area contributed by atoms with Crippen LogP contribution in [0.15, 0.2) is 30.6 Å². The van der Waals surface area contributed by atoms with Crippen molar-refractivity contribution in [3.8, 4) is 11.3 Å². The molecule has 0 aromatic carbocycles. The normalized spacial score (nSPS) is 13.5. The van der Waals surface area contributed by atoms with Crippen LogP contribution >= 0.6 is 22.9 Å². The molecule has 0 saturated carbocycles. The Labute approximate surface area is 186 Å². The summed E-state index contributed by atoms with van der Waals surface area (Å²) >= 11 is 6.90. The van der Waals surface area contributed by atoms with Crippen LogP contribution in [0.4, 0.5) is 10.9 Å². The third-order valence-electron chi connectivity index (χ3n) is 4.31. The van der Waals surface area contributed by atoms with Gasteiger partial charge in [-0.05, 0) is 29.5 Å². The van der Waals surface area contributed by atoms with Crippen LogP contribution in [-0.4, -0.2) is 52.4 Å². The van der Waals surface area contributed by atoms with Crippen LogP contribution in [0.25, 0.3) is 0 Å². The number of hydrogen-bond donors (Lipinski definition) is 1. The SMILES string of the molecule is N#Cc1cnc(N2CCOCC2)c(C(=O)Nc2nnc(OCc3ccc(Cl)cn3)s2)c1. The lowest BCUT2D eigenvalue weighted by atomic mass is 10.1. The van der Waals surface area contributed by atoms with E-state index < -0.39 is 5.91 Å². The second-order valence-corrected chi connectivity index (χ2v) is 7.77. The molecule has 0 atom stereocenters. The fourth-order valence-corrected chi connectivity index (χ4v) is 3.53. The fourth-order valence-electron chi connectivity index (χ4n) is 2.82. The number of morpholine rings is 1. The zero-order chi connectivity index (χ0) is 21.6. The van der Waals surface area contributed by atoms with Crippen LogP contribution in [-0.2, 0) is 11.3 Å². The minimum Gasteiger partial charge on any atom is -0.462 e. The molecule has 1 amide bonds. The molecule has 1 fully saturated rings. The Hall–Kier alpha value is -3.33. The van der Waals surface area contributed by atoms with Crippen LogP contribution in [0.1, 0.15) is 21.6 Å². The average Bonchev–Trinajstić information content (AvgIpc) is 3.26. The lowest BCUT2D eigenvalue weighted by Crippen LogP contribution is -2.38. The molecule has 1 aliphatic heterocycles. The number of pyridine rings is 2. The zero-order valence-corrected chi connectivity index (χ0v) is 17.7. The number of nitrogens with zero attached hydrogens (tertiary/aromatic N) is 6. The van der Waals surface area contributed by atoms with Crippen molar-refractivity contribution < 1.29 is 14.3 Å². The summed E-state index contributed by atoms with van der Waals surface area (Å²) in [6.45, 7) is 2.49. The molecule has 0 spiro atoms. The number of aromatic nitrogens is 4. The van der Waals surface area contributed by atoms with E-state index in [1.807, 2.05) is 11.0 Å². The molecule has 4 rings (SSSR count). The van der Waals surface area contributed by atoms with Gasteiger partial charge >= 0.3 is 0 Å². The number of amides is 1. The molecule has 1 N–H and O–H groups in total. The van der Waals surface area contributed by atoms with E-state index in [0.29, 0.717) is 48.4 Å². The topological polar surface area (TPSA) is 126 Å². The van der Waals surface area contributed by atoms with E-state index in [2.05, 4.69) is 25.5 Å². The van der Waals surface area contributed by atoms with Crippen molar-refractivity contribution in [1.29, 1.82) is 5.26 Å². The highest BCUT2D eigenvalue weighted by atomic mass is 35.5. The first kappa shape index (κ1) is 20.9. The Balaban J connectivity index is 1.45. The molecule has 0 unspecified atom stereocenters. The van der Waals surface area contributed by atoms with E-state index in [0.717, 1.165) is 11.3 Å². The van der Waals surface area contributed by atoms with Crippen molar-refractivity contribution >= 4 is 39.8 Å². The molecule has 0 radical (unpaired) electrons. The summed E-state index contributed by atoms with van der Waals surface area (Å²) in [4.78, 5) is 23.3. The highest BCUT2D eigenvalue weighted by molar-refractivity contribution is 7.17. The highest BCUT2D eigenvalue weighted by Crippen LogP contribution is 2.26. The van der Waals surface area contributed by atoms with E-state index >= 15 is 0 Å². The van der Waals surface area contributed by atoms with Gasteiger partial charge in [0.25, 0.3) is 11.1 Å². The van der Waals surface area contributed by atoms with Gasteiger partial charge in [-0.15, -0.1) is 5.10 Å². The second kappa shape index (κ2) is 9.65. The van der Waals surface area contributed by atoms with Gasteiger partial charge in [-0.3, -0.25) is 15.1 Å². The van der Waals surface area contributed by atoms with Crippen LogP contribution in [0.3, 0.4) is 0 Å². The molecular formula is C19H16ClN7O3S. The third kappa shape index (κ3) is 5.24. The molecule has 31 heavy (non-hydrogen) atoms. The van der Waals surface area contributed by atoms with Crippen molar-refractivity contribution in [3.63, 3.8) is 0 Å². The minimum absolute atomic E-state index is 0.190. The second-order valence-electron chi connectivity index (χ2n) is 6.39. The summed E-state index contributed by atoms with van der Waals surface area (Å²) in [6, 6.07) is 6.98. The van der Waals surface area contributed by atoms with Crippen LogP contribution < -0.4 is 15.0 Å². The maximum atomic E-state index is 12.9. The number of hydrogen-bond acceptors (Lipinski definition) is 10. The van der Waals surface area contributed by atoms with Gasteiger partial charge in [0.05, 0.1) is 35.1 Å². The Bertz CT molecular complexity index is 1110. The van der Waals surface area contributed by atoms with Gasteiger partial charge in [-0.25, -0.2) is 4.98 Å². The lowest BCUT2D eigenvalue weighted by molar-refractivity contribution is 0.102. The molecule has 4 heterocycles. The largest absolute Gasteiger partial charge is 0.462 e. The average molecular weight is 458 g/mol. The molecule has 0 aliphatic carbocycles. The van der Waals surface area contributed by atoms with Gasteiger partial charge in [-0.1, -0.05) is 16.7 Å². The van der Waals surface area contributed by atoms with Crippen molar-refractivity contribution in [2.24, 2.45) is 0 Å². The number of anilines is 2. The number of rotatable bonds is 6. The number of carbonyl (C=O) groups excluding carboxylic acids is 1. The molecule has 0 bridgehead atoms. The Morgan fingerprint density at radius 2 is 2.13 bits per heavy atom. The Morgan fingerprint density at radius 3 is 2.87 bits per heavy atom. The van der Waals surface area contributed by atoms with Gasteiger partial charge in [0.15, 0.2) is 0 Å². The summed E-state index contributed by atoms with van der Waals surface area (Å²) in [5, 5.41) is 20.9. The summed E-state index contributed by atoms with van der Waals surface area (Å²) in [5.74, 6) is 0.0581. The first-order valence-electron chi connectivity index (χ1n) is 9.23. The summed E-state index contributed by atoms with van der Waals surface area (Å²) in [5.41, 5.74) is 1.25. The maximum absolute atomic E-state index is 12.9. The van der Waals surface area contributed by atoms with Crippen molar-refractivity contribution in [2.75, 3.05) is 36.5 Å². The van der Waals surface area contributed by atoms with Gasteiger partial charge in [0.1, 0.15) is 18.5 Å². The molecule has 3 aromatic heterocycles. The van der Waals surface area contributed by atoms with Gasteiger partial charge in [0.2, 0.25) is 5.13 Å². The smallest absolute Gasteiger partial charge is 0.296 e. The highest BCUT2D eigenvalue weighted by Gasteiger charge is 2.22. The van der Waals surface area contributed by atoms with E-state index in [9.17, 15) is 10.1 Å². The monoisotopic (exact) mass is 457 g/mol. The summed E-state index contributed by atoms with van der Waals surface area (Å²) in [6.07, 6.45) is 2.98. The summed E-state index contributed by atoms with van der Waals surface area (Å²) in [7, 11) is 0. The zero-order valence-electron chi connectivity index (χ0n) is 16.1. The van der Waals surface area contributed by atoms with E-state index in [1.54, 1.807) is 12.1 Å². The first-order valence-corrected chi connectivity index (χ1v) is 10.4. The predicted molar refractivity (Wildman–Crippen MR) is 113 cm³/mol. The van der Waals surface area contributed by atoms with Crippen LogP contribution in [0.2, 0.25) is 5.02 Å². The van der Waals surface area contributed by atoms with E-state index in [4.69, 9.17) is 21.1 Å². The lowest BCUT2D eigenvalue weighted by Gasteiger charge is -2.29. The van der Waals surface area contributed by atoms with Crippen molar-refractivity contribution in [3.05, 3.63) is 52.4 Å². The van der Waals surface area contributed by atoms with Crippen LogP contribution in [0, 0.1) is 11.3 Å². The molecule has 1 aliphatic rings. The first-order chi connectivity index (χ1) is 15.1. The molecular weight excluding hydrogens is 442 g/mol. The number of nitrogens with one attached hydrogen (secondary N) is 1. The maximum Gasteiger partial charge on any atom is 0.296 e. The van der Waals surface area contributed by atoms with Crippen molar-refractivity contribution in [1.82, 2.24) is 20.2 Å². The number of ether oxygens (including phenoxy) is 2. The van der Waals surface area contributed by atoms with Gasteiger partial charge < -0.3 is 14.4 Å². The summed E-state index contributed by atoms with van der Waals surface area (Å²) < 4.78 is 10.9. The molecule has 3 aromatic rings. The van der Waals surface area contributed by atoms with Gasteiger partial charge in [0, 0.05) is 25.5 Å². The quantitative estimate of drug-likeness (QED) is 0.593. The van der Waals surface area contributed by atoms with Crippen molar-refractivity contribution in [2.45, 2.75) is 6.61 Å². The molecule has 12 heteroatoms. The third-order valence-corrected chi connectivity index (χ3v) is 5.28. The Kier molecular flexibility index (Phi) is 6.51. The number of nitriles is 1.